The minimum Gasteiger partial charge on any atom is -0.494 e. The number of halogens is 1. The van der Waals surface area contributed by atoms with Crippen LogP contribution in [0.1, 0.15) is 31.2 Å². The number of anilines is 1. The van der Waals surface area contributed by atoms with Gasteiger partial charge in [-0.1, -0.05) is 6.07 Å². The lowest BCUT2D eigenvalue weighted by Gasteiger charge is -2.29. The third-order valence-electron chi connectivity index (χ3n) is 6.08. The van der Waals surface area contributed by atoms with Crippen LogP contribution in [0.25, 0.3) is 0 Å². The van der Waals surface area contributed by atoms with Crippen LogP contribution in [0.2, 0.25) is 0 Å². The van der Waals surface area contributed by atoms with E-state index in [-0.39, 0.29) is 24.2 Å². The standard InChI is InChI=1S/C25H29FN2O4/c1-18-4-9-23-22(15-18)28(25(30)17-32-23)12-2-3-24(29)27-13-10-19(16-27)11-14-31-21-7-5-20(26)6-8-21/h4-9,15,19H,2-3,10-14,16-17H2,1H3. The topological polar surface area (TPSA) is 59.1 Å². The number of amides is 2. The average Bonchev–Trinajstić information content (AvgIpc) is 3.26. The first-order chi connectivity index (χ1) is 15.5. The fourth-order valence-electron chi connectivity index (χ4n) is 4.27. The smallest absolute Gasteiger partial charge is 0.265 e. The summed E-state index contributed by atoms with van der Waals surface area (Å²) in [7, 11) is 0. The Morgan fingerprint density at radius 3 is 2.84 bits per heavy atom. The van der Waals surface area contributed by atoms with Gasteiger partial charge in [0.15, 0.2) is 6.61 Å². The molecule has 32 heavy (non-hydrogen) atoms. The van der Waals surface area contributed by atoms with Crippen molar-refractivity contribution in [3.63, 3.8) is 0 Å². The number of rotatable bonds is 8. The molecule has 1 unspecified atom stereocenters. The maximum Gasteiger partial charge on any atom is 0.265 e. The molecule has 2 aromatic rings. The Morgan fingerprint density at radius 1 is 1.22 bits per heavy atom. The van der Waals surface area contributed by atoms with Crippen LogP contribution >= 0.6 is 0 Å². The minimum atomic E-state index is -0.278. The summed E-state index contributed by atoms with van der Waals surface area (Å²) >= 11 is 0. The molecule has 0 bridgehead atoms. The van der Waals surface area contributed by atoms with Gasteiger partial charge >= 0.3 is 0 Å². The average molecular weight is 441 g/mol. The first kappa shape index (κ1) is 22.1. The number of carbonyl (C=O) groups is 2. The van der Waals surface area contributed by atoms with E-state index in [1.54, 1.807) is 17.0 Å². The van der Waals surface area contributed by atoms with Crippen molar-refractivity contribution in [1.82, 2.24) is 4.90 Å². The molecule has 0 aromatic heterocycles. The highest BCUT2D eigenvalue weighted by Gasteiger charge is 2.28. The Balaban J connectivity index is 1.19. The van der Waals surface area contributed by atoms with E-state index in [9.17, 15) is 14.0 Å². The maximum atomic E-state index is 13.0. The molecular formula is C25H29FN2O4. The maximum absolute atomic E-state index is 13.0. The summed E-state index contributed by atoms with van der Waals surface area (Å²) in [5.41, 5.74) is 1.85. The zero-order valence-corrected chi connectivity index (χ0v) is 18.4. The SMILES string of the molecule is Cc1ccc2c(c1)N(CCCC(=O)N1CCC(CCOc3ccc(F)cc3)C1)C(=O)CO2. The van der Waals surface area contributed by atoms with Crippen molar-refractivity contribution in [3.05, 3.63) is 53.8 Å². The Hall–Kier alpha value is -3.09. The third-order valence-corrected chi connectivity index (χ3v) is 6.08. The highest BCUT2D eigenvalue weighted by Crippen LogP contribution is 2.33. The molecule has 0 radical (unpaired) electrons. The number of likely N-dealkylation sites (tertiary alicyclic amines) is 1. The molecule has 2 heterocycles. The van der Waals surface area contributed by atoms with E-state index in [2.05, 4.69) is 0 Å². The molecule has 7 heteroatoms. The first-order valence-electron chi connectivity index (χ1n) is 11.2. The van der Waals surface area contributed by atoms with Crippen LogP contribution in [0.4, 0.5) is 10.1 Å². The second-order valence-electron chi connectivity index (χ2n) is 8.49. The van der Waals surface area contributed by atoms with E-state index in [0.29, 0.717) is 43.4 Å². The van der Waals surface area contributed by atoms with Gasteiger partial charge in [-0.05, 0) is 74.1 Å². The molecule has 2 aliphatic heterocycles. The number of hydrogen-bond acceptors (Lipinski definition) is 4. The lowest BCUT2D eigenvalue weighted by atomic mass is 10.1. The van der Waals surface area contributed by atoms with E-state index >= 15 is 0 Å². The number of aryl methyl sites for hydroxylation is 1. The van der Waals surface area contributed by atoms with Crippen molar-refractivity contribution in [3.8, 4) is 11.5 Å². The van der Waals surface area contributed by atoms with Gasteiger partial charge in [-0.15, -0.1) is 0 Å². The largest absolute Gasteiger partial charge is 0.494 e. The number of carbonyl (C=O) groups excluding carboxylic acids is 2. The number of hydrogen-bond donors (Lipinski definition) is 0. The van der Waals surface area contributed by atoms with Gasteiger partial charge in [-0.2, -0.15) is 0 Å². The monoisotopic (exact) mass is 440 g/mol. The summed E-state index contributed by atoms with van der Waals surface area (Å²) in [4.78, 5) is 28.7. The zero-order valence-electron chi connectivity index (χ0n) is 18.4. The van der Waals surface area contributed by atoms with E-state index in [0.717, 1.165) is 37.2 Å². The van der Waals surface area contributed by atoms with E-state index in [1.807, 2.05) is 30.0 Å². The molecule has 0 aliphatic carbocycles. The molecule has 2 aliphatic rings. The molecule has 170 valence electrons. The van der Waals surface area contributed by atoms with Crippen LogP contribution in [0, 0.1) is 18.7 Å². The van der Waals surface area contributed by atoms with Crippen LogP contribution in [-0.4, -0.2) is 49.6 Å². The van der Waals surface area contributed by atoms with Gasteiger partial charge < -0.3 is 19.3 Å². The molecule has 2 amide bonds. The predicted molar refractivity (Wildman–Crippen MR) is 119 cm³/mol. The second kappa shape index (κ2) is 10.0. The Morgan fingerprint density at radius 2 is 2.03 bits per heavy atom. The number of fused-ring (bicyclic) bond motifs is 1. The first-order valence-corrected chi connectivity index (χ1v) is 11.2. The molecule has 1 fully saturated rings. The summed E-state index contributed by atoms with van der Waals surface area (Å²) in [6.45, 7) is 4.58. The van der Waals surface area contributed by atoms with Crippen molar-refractivity contribution in [1.29, 1.82) is 0 Å². The molecule has 2 aromatic carbocycles. The van der Waals surface area contributed by atoms with Gasteiger partial charge in [0.05, 0.1) is 12.3 Å². The van der Waals surface area contributed by atoms with Gasteiger partial charge in [0.2, 0.25) is 5.91 Å². The van der Waals surface area contributed by atoms with E-state index in [1.165, 1.54) is 12.1 Å². The zero-order chi connectivity index (χ0) is 22.5. The lowest BCUT2D eigenvalue weighted by Crippen LogP contribution is -2.40. The number of benzene rings is 2. The normalized spacial score (nSPS) is 17.8. The lowest BCUT2D eigenvalue weighted by molar-refractivity contribution is -0.130. The highest BCUT2D eigenvalue weighted by atomic mass is 19.1. The molecule has 1 saturated heterocycles. The second-order valence-corrected chi connectivity index (χ2v) is 8.49. The molecule has 0 N–H and O–H groups in total. The summed E-state index contributed by atoms with van der Waals surface area (Å²) < 4.78 is 24.1. The minimum absolute atomic E-state index is 0.0395. The van der Waals surface area contributed by atoms with Crippen molar-refractivity contribution < 1.29 is 23.5 Å². The van der Waals surface area contributed by atoms with Crippen molar-refractivity contribution in [2.45, 2.75) is 32.6 Å². The number of nitrogens with zero attached hydrogens (tertiary/aromatic N) is 2. The van der Waals surface area contributed by atoms with Gasteiger partial charge in [0, 0.05) is 26.1 Å². The summed E-state index contributed by atoms with van der Waals surface area (Å²) in [6, 6.07) is 11.8. The molecule has 0 spiro atoms. The van der Waals surface area contributed by atoms with Crippen molar-refractivity contribution in [2.75, 3.05) is 37.7 Å². The van der Waals surface area contributed by atoms with Crippen LogP contribution in [0.3, 0.4) is 0 Å². The summed E-state index contributed by atoms with van der Waals surface area (Å²) in [5.74, 6) is 1.57. The Kier molecular flexibility index (Phi) is 6.93. The number of ether oxygens (including phenoxy) is 2. The quantitative estimate of drug-likeness (QED) is 0.624. The van der Waals surface area contributed by atoms with Gasteiger partial charge in [-0.25, -0.2) is 4.39 Å². The molecule has 4 rings (SSSR count). The molecule has 0 saturated carbocycles. The van der Waals surface area contributed by atoms with Gasteiger partial charge in [0.1, 0.15) is 17.3 Å². The molecular weight excluding hydrogens is 411 g/mol. The predicted octanol–water partition coefficient (Wildman–Crippen LogP) is 3.96. The third kappa shape index (κ3) is 5.39. The van der Waals surface area contributed by atoms with E-state index < -0.39 is 0 Å². The van der Waals surface area contributed by atoms with Crippen LogP contribution in [0.15, 0.2) is 42.5 Å². The van der Waals surface area contributed by atoms with Crippen molar-refractivity contribution >= 4 is 17.5 Å². The van der Waals surface area contributed by atoms with E-state index in [4.69, 9.17) is 9.47 Å². The van der Waals surface area contributed by atoms with Gasteiger partial charge in [0.25, 0.3) is 5.91 Å². The highest BCUT2D eigenvalue weighted by molar-refractivity contribution is 5.98. The Labute approximate surface area is 187 Å². The molecule has 1 atom stereocenters. The Bertz CT molecular complexity index is 963. The van der Waals surface area contributed by atoms with Crippen LogP contribution in [0.5, 0.6) is 11.5 Å². The molecule has 6 nitrogen and oxygen atoms in total. The van der Waals surface area contributed by atoms with Crippen LogP contribution < -0.4 is 14.4 Å². The summed E-state index contributed by atoms with van der Waals surface area (Å²) in [5, 5.41) is 0. The fourth-order valence-corrected chi connectivity index (χ4v) is 4.27. The van der Waals surface area contributed by atoms with Crippen molar-refractivity contribution in [2.24, 2.45) is 5.92 Å². The van der Waals surface area contributed by atoms with Gasteiger partial charge in [-0.3, -0.25) is 9.59 Å². The summed E-state index contributed by atoms with van der Waals surface area (Å²) in [6.07, 6.45) is 2.87. The van der Waals surface area contributed by atoms with Crippen LogP contribution in [-0.2, 0) is 9.59 Å². The fraction of sp³-hybridized carbons (Fsp3) is 0.440.